The Morgan fingerprint density at radius 2 is 1.32 bits per heavy atom. The molecule has 0 aliphatic carbocycles. The largest absolute Gasteiger partial charge is 0.417 e. The van der Waals surface area contributed by atoms with Crippen molar-refractivity contribution >= 4 is 16.6 Å². The van der Waals surface area contributed by atoms with E-state index in [0.717, 1.165) is 38.9 Å². The summed E-state index contributed by atoms with van der Waals surface area (Å²) in [6.45, 7) is 25.6. The van der Waals surface area contributed by atoms with Crippen LogP contribution in [-0.4, -0.2) is 36.0 Å². The number of unbranched alkanes of at least 4 members (excludes halogenated alkanes) is 1. The highest BCUT2D eigenvalue weighted by Crippen LogP contribution is 2.39. The normalized spacial score (nSPS) is 14.6. The van der Waals surface area contributed by atoms with Gasteiger partial charge in [0.05, 0.1) is 6.61 Å². The summed E-state index contributed by atoms with van der Waals surface area (Å²) in [5.41, 5.74) is 1.24. The monoisotopic (exact) mass is 466 g/mol. The Labute approximate surface area is 195 Å². The summed E-state index contributed by atoms with van der Waals surface area (Å²) in [6, 6.07) is 10.4. The summed E-state index contributed by atoms with van der Waals surface area (Å²) in [7, 11) is -3.51. The Morgan fingerprint density at radius 1 is 0.742 bits per heavy atom. The maximum absolute atomic E-state index is 6.81. The van der Waals surface area contributed by atoms with Gasteiger partial charge in [-0.3, -0.25) is 0 Å². The molecular weight excluding hydrogens is 416 g/mol. The Morgan fingerprint density at radius 3 is 1.87 bits per heavy atom. The molecule has 0 aromatic heterocycles. The first kappa shape index (κ1) is 28.6. The number of ether oxygens (including phenoxy) is 1. The zero-order chi connectivity index (χ0) is 23.8. The van der Waals surface area contributed by atoms with Crippen LogP contribution in [-0.2, 0) is 20.2 Å². The van der Waals surface area contributed by atoms with Crippen molar-refractivity contribution in [1.82, 2.24) is 0 Å². The molecule has 0 saturated heterocycles. The molecule has 1 atom stereocenters. The van der Waals surface area contributed by atoms with Crippen molar-refractivity contribution in [1.29, 1.82) is 0 Å². The van der Waals surface area contributed by atoms with E-state index >= 15 is 0 Å². The van der Waals surface area contributed by atoms with Crippen molar-refractivity contribution in [3.63, 3.8) is 0 Å². The molecule has 0 radical (unpaired) electrons. The molecule has 0 saturated carbocycles. The van der Waals surface area contributed by atoms with Gasteiger partial charge in [0.1, 0.15) is 0 Å². The van der Waals surface area contributed by atoms with Crippen LogP contribution in [0, 0.1) is 0 Å². The molecular formula is C26H50O3Si2. The third kappa shape index (κ3) is 10.3. The van der Waals surface area contributed by atoms with E-state index in [0.29, 0.717) is 6.61 Å². The fraction of sp³-hybridized carbons (Fsp3) is 0.769. The number of rotatable bonds is 13. The first-order chi connectivity index (χ1) is 14.2. The fourth-order valence-electron chi connectivity index (χ4n) is 2.86. The van der Waals surface area contributed by atoms with Crippen molar-refractivity contribution in [3.05, 3.63) is 35.9 Å². The van der Waals surface area contributed by atoms with E-state index in [1.807, 2.05) is 6.07 Å². The van der Waals surface area contributed by atoms with Gasteiger partial charge in [-0.15, -0.1) is 0 Å². The fourth-order valence-corrected chi connectivity index (χ4v) is 5.34. The SMILES string of the molecule is CC(C)(C)[Si](C)(C)OCC[C@H](CCCCOCc1ccccc1)O[Si](C)(C)C(C)(C)C. The van der Waals surface area contributed by atoms with Gasteiger partial charge in [-0.25, -0.2) is 0 Å². The third-order valence-corrected chi connectivity index (χ3v) is 16.2. The van der Waals surface area contributed by atoms with Crippen LogP contribution in [0.2, 0.25) is 36.3 Å². The molecule has 180 valence electrons. The summed E-state index contributed by atoms with van der Waals surface area (Å²) < 4.78 is 19.1. The van der Waals surface area contributed by atoms with Crippen LogP contribution in [0.15, 0.2) is 30.3 Å². The van der Waals surface area contributed by atoms with Gasteiger partial charge in [-0.05, 0) is 67.5 Å². The van der Waals surface area contributed by atoms with Crippen molar-refractivity contribution in [2.45, 2.75) is 116 Å². The molecule has 3 nitrogen and oxygen atoms in total. The van der Waals surface area contributed by atoms with Crippen LogP contribution < -0.4 is 0 Å². The molecule has 0 aliphatic heterocycles. The summed E-state index contributed by atoms with van der Waals surface area (Å²) >= 11 is 0. The first-order valence-corrected chi connectivity index (χ1v) is 17.9. The molecule has 5 heteroatoms. The minimum Gasteiger partial charge on any atom is -0.417 e. The van der Waals surface area contributed by atoms with Crippen molar-refractivity contribution < 1.29 is 13.6 Å². The average molecular weight is 467 g/mol. The van der Waals surface area contributed by atoms with Crippen LogP contribution in [0.5, 0.6) is 0 Å². The molecule has 0 amide bonds. The van der Waals surface area contributed by atoms with Gasteiger partial charge in [0.25, 0.3) is 0 Å². The van der Waals surface area contributed by atoms with Gasteiger partial charge in [-0.1, -0.05) is 71.9 Å². The quantitative estimate of drug-likeness (QED) is 0.217. The van der Waals surface area contributed by atoms with Crippen molar-refractivity contribution in [3.8, 4) is 0 Å². The predicted molar refractivity (Wildman–Crippen MR) is 140 cm³/mol. The van der Waals surface area contributed by atoms with Gasteiger partial charge in [0, 0.05) is 19.3 Å². The molecule has 0 spiro atoms. The Hall–Kier alpha value is -0.466. The molecule has 0 N–H and O–H groups in total. The summed E-state index contributed by atoms with van der Waals surface area (Å²) in [5, 5.41) is 0.475. The highest BCUT2D eigenvalue weighted by atomic mass is 28.4. The van der Waals surface area contributed by atoms with Gasteiger partial charge in [0.2, 0.25) is 0 Å². The lowest BCUT2D eigenvalue weighted by molar-refractivity contribution is 0.105. The van der Waals surface area contributed by atoms with E-state index < -0.39 is 16.6 Å². The smallest absolute Gasteiger partial charge is 0.192 e. The predicted octanol–water partition coefficient (Wildman–Crippen LogP) is 8.18. The van der Waals surface area contributed by atoms with Gasteiger partial charge in [-0.2, -0.15) is 0 Å². The van der Waals surface area contributed by atoms with E-state index in [9.17, 15) is 0 Å². The van der Waals surface area contributed by atoms with Crippen LogP contribution in [0.3, 0.4) is 0 Å². The van der Waals surface area contributed by atoms with Crippen LogP contribution in [0.25, 0.3) is 0 Å². The molecule has 0 fully saturated rings. The molecule has 0 bridgehead atoms. The van der Waals surface area contributed by atoms with E-state index in [1.165, 1.54) is 5.56 Å². The van der Waals surface area contributed by atoms with Gasteiger partial charge < -0.3 is 13.6 Å². The number of hydrogen-bond donors (Lipinski definition) is 0. The van der Waals surface area contributed by atoms with Crippen molar-refractivity contribution in [2.24, 2.45) is 0 Å². The molecule has 0 aliphatic rings. The Kier molecular flexibility index (Phi) is 11.2. The lowest BCUT2D eigenvalue weighted by atomic mass is 10.1. The highest BCUT2D eigenvalue weighted by molar-refractivity contribution is 6.74. The molecule has 1 aromatic carbocycles. The zero-order valence-electron chi connectivity index (χ0n) is 22.1. The minimum absolute atomic E-state index is 0.227. The zero-order valence-corrected chi connectivity index (χ0v) is 24.1. The van der Waals surface area contributed by atoms with E-state index in [2.05, 4.69) is 92.0 Å². The minimum atomic E-state index is -1.80. The maximum Gasteiger partial charge on any atom is 0.192 e. The van der Waals surface area contributed by atoms with Crippen LogP contribution in [0.4, 0.5) is 0 Å². The summed E-state index contributed by atoms with van der Waals surface area (Å²) in [4.78, 5) is 0. The lowest BCUT2D eigenvalue weighted by Gasteiger charge is -2.40. The van der Waals surface area contributed by atoms with Gasteiger partial charge >= 0.3 is 0 Å². The second-order valence-electron chi connectivity index (χ2n) is 11.9. The average Bonchev–Trinajstić information content (AvgIpc) is 2.63. The molecule has 0 heterocycles. The molecule has 1 rings (SSSR count). The van der Waals surface area contributed by atoms with Crippen molar-refractivity contribution in [2.75, 3.05) is 13.2 Å². The molecule has 1 aromatic rings. The standard InChI is InChI=1S/C26H50O3Si2/c1-25(2,3)30(7,8)28-21-19-24(29-31(9,10)26(4,5)6)18-14-15-20-27-22-23-16-12-11-13-17-23/h11-13,16-17,24H,14-15,18-22H2,1-10H3/t24-/m0/s1. The molecule has 31 heavy (non-hydrogen) atoms. The summed E-state index contributed by atoms with van der Waals surface area (Å²) in [5.74, 6) is 0. The van der Waals surface area contributed by atoms with E-state index in [-0.39, 0.29) is 16.2 Å². The lowest BCUT2D eigenvalue weighted by Crippen LogP contribution is -2.45. The second-order valence-corrected chi connectivity index (χ2v) is 21.5. The third-order valence-electron chi connectivity index (χ3n) is 7.15. The highest BCUT2D eigenvalue weighted by Gasteiger charge is 2.40. The first-order valence-electron chi connectivity index (χ1n) is 12.1. The number of benzene rings is 1. The van der Waals surface area contributed by atoms with E-state index in [1.54, 1.807) is 0 Å². The maximum atomic E-state index is 6.81. The van der Waals surface area contributed by atoms with E-state index in [4.69, 9.17) is 13.6 Å². The Balaban J connectivity index is 2.52. The van der Waals surface area contributed by atoms with Crippen LogP contribution in [0.1, 0.15) is 72.8 Å². The van der Waals surface area contributed by atoms with Gasteiger partial charge in [0.15, 0.2) is 16.6 Å². The number of hydrogen-bond acceptors (Lipinski definition) is 3. The summed E-state index contributed by atoms with van der Waals surface area (Å²) in [6.07, 6.45) is 4.56. The Bertz CT molecular complexity index is 616. The van der Waals surface area contributed by atoms with Crippen LogP contribution >= 0.6 is 0 Å². The second kappa shape index (κ2) is 12.1. The molecule has 0 unspecified atom stereocenters. The topological polar surface area (TPSA) is 27.7 Å².